The SMILES string of the molecule is Cc1cnc(-c2cc(C(=O)NCc3cnc(C(F)(F)F)nc3)cc(S(=O)(=O)NC3CC3)c2)s1. The Bertz CT molecular complexity index is 1290. The number of carbonyl (C=O) groups excluding carboxylic acids is 1. The highest BCUT2D eigenvalue weighted by Gasteiger charge is 2.34. The molecule has 2 N–H and O–H groups in total. The summed E-state index contributed by atoms with van der Waals surface area (Å²) in [5.41, 5.74) is 0.797. The first-order valence-electron chi connectivity index (χ1n) is 9.78. The monoisotopic (exact) mass is 497 g/mol. The molecule has 0 saturated heterocycles. The van der Waals surface area contributed by atoms with Crippen molar-refractivity contribution >= 4 is 27.3 Å². The molecule has 2 heterocycles. The Hall–Kier alpha value is -2.90. The first kappa shape index (κ1) is 23.3. The van der Waals surface area contributed by atoms with Gasteiger partial charge < -0.3 is 5.32 Å². The van der Waals surface area contributed by atoms with Crippen LogP contribution >= 0.6 is 11.3 Å². The minimum Gasteiger partial charge on any atom is -0.348 e. The van der Waals surface area contributed by atoms with E-state index in [1.54, 1.807) is 6.20 Å². The van der Waals surface area contributed by atoms with Crippen LogP contribution in [0.1, 0.15) is 39.5 Å². The number of benzene rings is 1. The van der Waals surface area contributed by atoms with Gasteiger partial charge in [0.05, 0.1) is 4.90 Å². The lowest BCUT2D eigenvalue weighted by Crippen LogP contribution is -2.27. The zero-order valence-electron chi connectivity index (χ0n) is 17.2. The molecule has 0 atom stereocenters. The Morgan fingerprint density at radius 3 is 2.39 bits per heavy atom. The largest absolute Gasteiger partial charge is 0.451 e. The molecule has 33 heavy (non-hydrogen) atoms. The second-order valence-corrected chi connectivity index (χ2v) is 10.5. The van der Waals surface area contributed by atoms with Crippen molar-refractivity contribution in [2.75, 3.05) is 0 Å². The molecule has 4 rings (SSSR count). The number of nitrogens with one attached hydrogen (secondary N) is 2. The highest BCUT2D eigenvalue weighted by Crippen LogP contribution is 2.30. The fourth-order valence-corrected chi connectivity index (χ4v) is 4.99. The van der Waals surface area contributed by atoms with E-state index >= 15 is 0 Å². The molecule has 0 unspecified atom stereocenters. The number of carbonyl (C=O) groups is 1. The predicted octanol–water partition coefficient (Wildman–Crippen LogP) is 3.30. The normalized spacial score (nSPS) is 14.3. The van der Waals surface area contributed by atoms with E-state index in [1.807, 2.05) is 6.92 Å². The number of hydrogen-bond donors (Lipinski definition) is 2. The van der Waals surface area contributed by atoms with Crippen molar-refractivity contribution in [3.05, 3.63) is 58.6 Å². The molecule has 13 heteroatoms. The number of thiazole rings is 1. The molecule has 3 aromatic rings. The van der Waals surface area contributed by atoms with Crippen LogP contribution in [0.5, 0.6) is 0 Å². The van der Waals surface area contributed by atoms with Crippen LogP contribution in [0.15, 0.2) is 41.7 Å². The maximum atomic E-state index is 12.8. The average Bonchev–Trinajstić information content (AvgIpc) is 3.46. The van der Waals surface area contributed by atoms with E-state index in [9.17, 15) is 26.4 Å². The van der Waals surface area contributed by atoms with Crippen molar-refractivity contribution < 1.29 is 26.4 Å². The van der Waals surface area contributed by atoms with Crippen LogP contribution in [-0.2, 0) is 22.7 Å². The van der Waals surface area contributed by atoms with Crippen LogP contribution in [0.3, 0.4) is 0 Å². The third kappa shape index (κ3) is 5.72. The number of halogens is 3. The lowest BCUT2D eigenvalue weighted by atomic mass is 10.1. The minimum absolute atomic E-state index is 0.0669. The predicted molar refractivity (Wildman–Crippen MR) is 114 cm³/mol. The van der Waals surface area contributed by atoms with E-state index < -0.39 is 27.9 Å². The van der Waals surface area contributed by atoms with Crippen molar-refractivity contribution in [3.63, 3.8) is 0 Å². The van der Waals surface area contributed by atoms with Crippen molar-refractivity contribution in [1.82, 2.24) is 25.0 Å². The van der Waals surface area contributed by atoms with Gasteiger partial charge in [0, 0.05) is 52.7 Å². The molecule has 1 aliphatic carbocycles. The number of aromatic nitrogens is 3. The van der Waals surface area contributed by atoms with Gasteiger partial charge in [0.15, 0.2) is 0 Å². The Morgan fingerprint density at radius 1 is 1.12 bits per heavy atom. The van der Waals surface area contributed by atoms with Gasteiger partial charge in [-0.2, -0.15) is 13.2 Å². The van der Waals surface area contributed by atoms with Crippen LogP contribution in [0, 0.1) is 6.92 Å². The van der Waals surface area contributed by atoms with Crippen LogP contribution in [0.25, 0.3) is 10.6 Å². The van der Waals surface area contributed by atoms with Gasteiger partial charge in [0.2, 0.25) is 15.8 Å². The van der Waals surface area contributed by atoms with Crippen LogP contribution < -0.4 is 10.0 Å². The zero-order chi connectivity index (χ0) is 23.8. The number of nitrogens with zero attached hydrogens (tertiary/aromatic N) is 3. The molecule has 8 nitrogen and oxygen atoms in total. The van der Waals surface area contributed by atoms with E-state index in [1.165, 1.54) is 29.5 Å². The maximum absolute atomic E-state index is 12.8. The number of hydrogen-bond acceptors (Lipinski definition) is 7. The van der Waals surface area contributed by atoms with Crippen LogP contribution in [0.2, 0.25) is 0 Å². The van der Waals surface area contributed by atoms with E-state index in [0.717, 1.165) is 30.1 Å². The molecule has 1 aliphatic rings. The number of amides is 1. The summed E-state index contributed by atoms with van der Waals surface area (Å²) in [6.45, 7) is 1.72. The van der Waals surface area contributed by atoms with Gasteiger partial charge in [-0.3, -0.25) is 4.79 Å². The highest BCUT2D eigenvalue weighted by molar-refractivity contribution is 7.89. The first-order valence-corrected chi connectivity index (χ1v) is 12.1. The summed E-state index contributed by atoms with van der Waals surface area (Å²) in [6.07, 6.45) is 0.446. The first-order chi connectivity index (χ1) is 15.5. The van der Waals surface area contributed by atoms with Crippen molar-refractivity contribution in [2.45, 2.75) is 43.4 Å². The summed E-state index contributed by atoms with van der Waals surface area (Å²) >= 11 is 1.35. The molecule has 0 bridgehead atoms. The van der Waals surface area contributed by atoms with Crippen LogP contribution in [-0.4, -0.2) is 35.3 Å². The molecular formula is C20H18F3N5O3S2. The summed E-state index contributed by atoms with van der Waals surface area (Å²) in [5, 5.41) is 3.11. The molecule has 1 fully saturated rings. The number of aryl methyl sites for hydroxylation is 1. The van der Waals surface area contributed by atoms with Gasteiger partial charge in [-0.1, -0.05) is 0 Å². The second kappa shape index (κ2) is 8.80. The molecular weight excluding hydrogens is 479 g/mol. The van der Waals surface area contributed by atoms with E-state index in [4.69, 9.17) is 0 Å². The lowest BCUT2D eigenvalue weighted by Gasteiger charge is -2.11. The number of sulfonamides is 1. The molecule has 0 aliphatic heterocycles. The molecule has 1 amide bonds. The zero-order valence-corrected chi connectivity index (χ0v) is 18.8. The summed E-state index contributed by atoms with van der Waals surface area (Å²) in [7, 11) is -3.84. The molecule has 0 radical (unpaired) electrons. The Kier molecular flexibility index (Phi) is 6.20. The van der Waals surface area contributed by atoms with Gasteiger partial charge in [0.1, 0.15) is 5.01 Å². The molecule has 1 aromatic carbocycles. The van der Waals surface area contributed by atoms with Gasteiger partial charge in [-0.05, 0) is 38.0 Å². The summed E-state index contributed by atoms with van der Waals surface area (Å²) in [6, 6.07) is 4.13. The standard InChI is InChI=1S/C20H18F3N5O3S2/c1-11-7-25-18(32-11)14-4-13(5-16(6-14)33(30,31)28-15-2-3-15)17(29)24-8-12-9-26-19(27-10-12)20(21,22)23/h4-7,9-10,15,28H,2-3,8H2,1H3,(H,24,29). The number of rotatable bonds is 7. The van der Waals surface area contributed by atoms with E-state index in [2.05, 4.69) is 25.0 Å². The van der Waals surface area contributed by atoms with E-state index in [-0.39, 0.29) is 28.6 Å². The Morgan fingerprint density at radius 2 is 1.82 bits per heavy atom. The molecule has 0 spiro atoms. The topological polar surface area (TPSA) is 114 Å². The second-order valence-electron chi connectivity index (χ2n) is 7.51. The fourth-order valence-electron chi connectivity index (χ4n) is 2.86. The van der Waals surface area contributed by atoms with Crippen LogP contribution in [0.4, 0.5) is 13.2 Å². The minimum atomic E-state index is -4.66. The van der Waals surface area contributed by atoms with Gasteiger partial charge >= 0.3 is 6.18 Å². The smallest absolute Gasteiger partial charge is 0.348 e. The lowest BCUT2D eigenvalue weighted by molar-refractivity contribution is -0.145. The Balaban J connectivity index is 1.58. The third-order valence-electron chi connectivity index (χ3n) is 4.66. The van der Waals surface area contributed by atoms with Crippen molar-refractivity contribution in [3.8, 4) is 10.6 Å². The number of alkyl halides is 3. The average molecular weight is 498 g/mol. The Labute approximate surface area is 191 Å². The summed E-state index contributed by atoms with van der Waals surface area (Å²) in [5.74, 6) is -1.88. The highest BCUT2D eigenvalue weighted by atomic mass is 32.2. The van der Waals surface area contributed by atoms with E-state index in [0.29, 0.717) is 10.6 Å². The molecule has 174 valence electrons. The van der Waals surface area contributed by atoms with Gasteiger partial charge in [-0.15, -0.1) is 11.3 Å². The maximum Gasteiger partial charge on any atom is 0.451 e. The third-order valence-corrected chi connectivity index (χ3v) is 7.12. The fraction of sp³-hybridized carbons (Fsp3) is 0.300. The molecule has 2 aromatic heterocycles. The van der Waals surface area contributed by atoms with Gasteiger partial charge in [0.25, 0.3) is 5.91 Å². The summed E-state index contributed by atoms with van der Waals surface area (Å²) < 4.78 is 65.9. The van der Waals surface area contributed by atoms with Crippen molar-refractivity contribution in [1.29, 1.82) is 0 Å². The quantitative estimate of drug-likeness (QED) is 0.518. The van der Waals surface area contributed by atoms with Gasteiger partial charge in [-0.25, -0.2) is 28.1 Å². The molecule has 1 saturated carbocycles. The van der Waals surface area contributed by atoms with Crippen molar-refractivity contribution in [2.24, 2.45) is 0 Å². The summed E-state index contributed by atoms with van der Waals surface area (Å²) in [4.78, 5) is 24.4.